The summed E-state index contributed by atoms with van der Waals surface area (Å²) in [5, 5.41) is 6.96. The zero-order valence-electron chi connectivity index (χ0n) is 14.5. The number of fused-ring (bicyclic) bond motifs is 2. The van der Waals surface area contributed by atoms with Crippen molar-refractivity contribution in [3.8, 4) is 0 Å². The molecule has 0 spiro atoms. The monoisotopic (exact) mass is 371 g/mol. The van der Waals surface area contributed by atoms with Crippen LogP contribution >= 0.6 is 23.6 Å². The van der Waals surface area contributed by atoms with Crippen molar-refractivity contribution in [2.75, 3.05) is 6.54 Å². The first-order valence-corrected chi connectivity index (χ1v) is 10.1. The molecule has 0 amide bonds. The van der Waals surface area contributed by atoms with Crippen LogP contribution in [-0.2, 0) is 13.1 Å². The summed E-state index contributed by atoms with van der Waals surface area (Å²) in [6.45, 7) is 5.89. The van der Waals surface area contributed by atoms with Crippen LogP contribution in [0, 0.1) is 24.5 Å². The Hall–Kier alpha value is -1.57. The molecular formula is C18H21N5S2. The van der Waals surface area contributed by atoms with Gasteiger partial charge in [0.05, 0.1) is 6.67 Å². The average molecular weight is 372 g/mol. The molecule has 1 aliphatic heterocycles. The van der Waals surface area contributed by atoms with Crippen LogP contribution in [0.4, 0.5) is 0 Å². The Kier molecular flexibility index (Phi) is 3.59. The van der Waals surface area contributed by atoms with Crippen molar-refractivity contribution in [1.82, 2.24) is 24.1 Å². The summed E-state index contributed by atoms with van der Waals surface area (Å²) in [6, 6.07) is 4.91. The van der Waals surface area contributed by atoms with Crippen LogP contribution in [0.25, 0.3) is 5.78 Å². The number of hydrogen-bond donors (Lipinski definition) is 0. The molecule has 1 atom stereocenters. The third-order valence-electron chi connectivity index (χ3n) is 5.37. The Morgan fingerprint density at radius 2 is 2.16 bits per heavy atom. The Morgan fingerprint density at radius 1 is 1.32 bits per heavy atom. The number of aryl methyl sites for hydroxylation is 2. The lowest BCUT2D eigenvalue weighted by molar-refractivity contribution is 0.117. The van der Waals surface area contributed by atoms with E-state index in [0.717, 1.165) is 41.7 Å². The summed E-state index contributed by atoms with van der Waals surface area (Å²) in [6.07, 6.45) is 3.81. The normalized spacial score (nSPS) is 21.0. The molecule has 5 nitrogen and oxygen atoms in total. The first-order valence-electron chi connectivity index (χ1n) is 8.86. The molecule has 25 heavy (non-hydrogen) atoms. The quantitative estimate of drug-likeness (QED) is 0.655. The second kappa shape index (κ2) is 5.72. The standard InChI is InChI=1S/C18H21N5S2/c1-11-9-12(2)23-17(19-11)20-22(18(23)24)10-21-7-5-15-14(6-8-25-15)16(21)13-3-4-13/h6,8-9,13,16H,3-5,7,10H2,1-2H3/t16-/m1/s1. The van der Waals surface area contributed by atoms with Gasteiger partial charge in [0.15, 0.2) is 0 Å². The smallest absolute Gasteiger partial charge is 0.254 e. The van der Waals surface area contributed by atoms with Crippen molar-refractivity contribution >= 4 is 29.3 Å². The lowest BCUT2D eigenvalue weighted by atomic mass is 9.96. The van der Waals surface area contributed by atoms with Crippen molar-refractivity contribution in [3.63, 3.8) is 0 Å². The fourth-order valence-corrected chi connectivity index (χ4v) is 5.36. The van der Waals surface area contributed by atoms with E-state index in [4.69, 9.17) is 17.3 Å². The molecule has 5 rings (SSSR count). The SMILES string of the molecule is Cc1cc(C)n2c(=S)n(CN3CCc4sccc4[C@H]3C3CC3)nc2n1. The highest BCUT2D eigenvalue weighted by molar-refractivity contribution is 7.71. The molecule has 2 aliphatic rings. The highest BCUT2D eigenvalue weighted by Crippen LogP contribution is 2.48. The molecule has 0 N–H and O–H groups in total. The maximum Gasteiger partial charge on any atom is 0.254 e. The third kappa shape index (κ3) is 2.56. The zero-order chi connectivity index (χ0) is 17.1. The molecule has 3 aromatic rings. The zero-order valence-corrected chi connectivity index (χ0v) is 16.1. The van der Waals surface area contributed by atoms with Crippen molar-refractivity contribution in [1.29, 1.82) is 0 Å². The maximum atomic E-state index is 5.71. The summed E-state index contributed by atoms with van der Waals surface area (Å²) in [7, 11) is 0. The van der Waals surface area contributed by atoms with Crippen LogP contribution in [0.1, 0.15) is 40.7 Å². The lowest BCUT2D eigenvalue weighted by Gasteiger charge is -2.35. The molecule has 7 heteroatoms. The van der Waals surface area contributed by atoms with Gasteiger partial charge >= 0.3 is 0 Å². The van der Waals surface area contributed by atoms with E-state index >= 15 is 0 Å². The molecule has 3 aromatic heterocycles. The summed E-state index contributed by atoms with van der Waals surface area (Å²) >= 11 is 7.62. The fourth-order valence-electron chi connectivity index (χ4n) is 4.12. The van der Waals surface area contributed by atoms with Crippen LogP contribution in [-0.4, -0.2) is 30.6 Å². The van der Waals surface area contributed by atoms with Crippen molar-refractivity contribution in [2.24, 2.45) is 5.92 Å². The van der Waals surface area contributed by atoms with E-state index in [2.05, 4.69) is 34.3 Å². The summed E-state index contributed by atoms with van der Waals surface area (Å²) in [4.78, 5) is 8.69. The minimum atomic E-state index is 0.525. The molecule has 0 bridgehead atoms. The number of hydrogen-bond acceptors (Lipinski definition) is 5. The molecular weight excluding hydrogens is 350 g/mol. The first-order chi connectivity index (χ1) is 12.1. The molecule has 130 valence electrons. The van der Waals surface area contributed by atoms with Gasteiger partial charge < -0.3 is 0 Å². The number of nitrogens with zero attached hydrogens (tertiary/aromatic N) is 5. The van der Waals surface area contributed by atoms with Gasteiger partial charge in [0.2, 0.25) is 4.77 Å². The Bertz CT molecular complexity index is 1010. The Balaban J connectivity index is 1.53. The van der Waals surface area contributed by atoms with Crippen LogP contribution in [0.2, 0.25) is 0 Å². The molecule has 0 aromatic carbocycles. The molecule has 1 fully saturated rings. The van der Waals surface area contributed by atoms with Gasteiger partial charge in [0.1, 0.15) is 0 Å². The van der Waals surface area contributed by atoms with E-state index < -0.39 is 0 Å². The minimum Gasteiger partial charge on any atom is -0.277 e. The van der Waals surface area contributed by atoms with Gasteiger partial charge in [0, 0.05) is 28.9 Å². The Labute approximate surface area is 155 Å². The molecule has 0 radical (unpaired) electrons. The molecule has 1 aliphatic carbocycles. The second-order valence-corrected chi connectivity index (χ2v) is 8.61. The van der Waals surface area contributed by atoms with Gasteiger partial charge in [-0.15, -0.1) is 16.4 Å². The van der Waals surface area contributed by atoms with E-state index in [1.807, 2.05) is 27.3 Å². The van der Waals surface area contributed by atoms with Crippen molar-refractivity contribution < 1.29 is 0 Å². The van der Waals surface area contributed by atoms with Crippen LogP contribution in [0.5, 0.6) is 0 Å². The third-order valence-corrected chi connectivity index (χ3v) is 6.76. The Morgan fingerprint density at radius 3 is 2.96 bits per heavy atom. The predicted molar refractivity (Wildman–Crippen MR) is 101 cm³/mol. The minimum absolute atomic E-state index is 0.525. The van der Waals surface area contributed by atoms with Gasteiger partial charge in [-0.3, -0.25) is 9.30 Å². The van der Waals surface area contributed by atoms with Crippen LogP contribution in [0.15, 0.2) is 17.5 Å². The van der Waals surface area contributed by atoms with Gasteiger partial charge in [0.25, 0.3) is 5.78 Å². The molecule has 4 heterocycles. The van der Waals surface area contributed by atoms with Gasteiger partial charge in [-0.05, 0) is 74.3 Å². The molecule has 1 saturated carbocycles. The highest BCUT2D eigenvalue weighted by atomic mass is 32.1. The molecule has 0 unspecified atom stereocenters. The van der Waals surface area contributed by atoms with E-state index in [9.17, 15) is 0 Å². The van der Waals surface area contributed by atoms with E-state index in [1.54, 1.807) is 10.4 Å². The number of rotatable bonds is 3. The second-order valence-electron chi connectivity index (χ2n) is 7.24. The van der Waals surface area contributed by atoms with E-state index in [0.29, 0.717) is 11.8 Å². The summed E-state index contributed by atoms with van der Waals surface area (Å²) < 4.78 is 4.68. The number of aromatic nitrogens is 4. The maximum absolute atomic E-state index is 5.71. The largest absolute Gasteiger partial charge is 0.277 e. The lowest BCUT2D eigenvalue weighted by Crippen LogP contribution is -2.37. The first kappa shape index (κ1) is 15.7. The average Bonchev–Trinajstić information content (AvgIpc) is 3.20. The van der Waals surface area contributed by atoms with Crippen LogP contribution < -0.4 is 0 Å². The van der Waals surface area contributed by atoms with E-state index in [-0.39, 0.29) is 0 Å². The van der Waals surface area contributed by atoms with Gasteiger partial charge in [-0.1, -0.05) is 0 Å². The predicted octanol–water partition coefficient (Wildman–Crippen LogP) is 3.91. The fraction of sp³-hybridized carbons (Fsp3) is 0.500. The van der Waals surface area contributed by atoms with Crippen molar-refractivity contribution in [2.45, 2.75) is 45.8 Å². The highest BCUT2D eigenvalue weighted by Gasteiger charge is 2.40. The van der Waals surface area contributed by atoms with Gasteiger partial charge in [-0.2, -0.15) is 0 Å². The van der Waals surface area contributed by atoms with Crippen molar-refractivity contribution in [3.05, 3.63) is 44.1 Å². The number of thiophene rings is 1. The molecule has 0 saturated heterocycles. The van der Waals surface area contributed by atoms with E-state index in [1.165, 1.54) is 12.8 Å². The van der Waals surface area contributed by atoms with Gasteiger partial charge in [-0.25, -0.2) is 9.67 Å². The topological polar surface area (TPSA) is 38.4 Å². The summed E-state index contributed by atoms with van der Waals surface area (Å²) in [5.74, 6) is 1.50. The summed E-state index contributed by atoms with van der Waals surface area (Å²) in [5.41, 5.74) is 3.62. The van der Waals surface area contributed by atoms with Crippen LogP contribution in [0.3, 0.4) is 0 Å².